The summed E-state index contributed by atoms with van der Waals surface area (Å²) in [7, 11) is -3.17. The average molecular weight is 319 g/mol. The first-order valence-corrected chi connectivity index (χ1v) is 8.59. The van der Waals surface area contributed by atoms with Crippen molar-refractivity contribution in [2.45, 2.75) is 26.2 Å². The molecule has 1 amide bonds. The second-order valence-electron chi connectivity index (χ2n) is 4.54. The molecule has 3 N–H and O–H groups in total. The molecule has 0 unspecified atom stereocenters. The van der Waals surface area contributed by atoms with Gasteiger partial charge in [0.2, 0.25) is 5.91 Å². The summed E-state index contributed by atoms with van der Waals surface area (Å²) in [5.41, 5.74) is 6.48. The van der Waals surface area contributed by atoms with E-state index < -0.39 is 9.84 Å². The van der Waals surface area contributed by atoms with Gasteiger partial charge in [-0.1, -0.05) is 24.9 Å². The second-order valence-corrected chi connectivity index (χ2v) is 7.28. The minimum absolute atomic E-state index is 0.0853. The molecule has 0 aromatic heterocycles. The molecule has 0 fully saturated rings. The molecule has 0 spiro atoms. The lowest BCUT2D eigenvalue weighted by Crippen LogP contribution is -2.19. The molecular formula is C13H19ClN2O3S. The monoisotopic (exact) mass is 318 g/mol. The predicted octanol–water partition coefficient (Wildman–Crippen LogP) is 2.47. The average Bonchev–Trinajstić information content (AvgIpc) is 2.39. The van der Waals surface area contributed by atoms with E-state index in [0.717, 1.165) is 6.42 Å². The summed E-state index contributed by atoms with van der Waals surface area (Å²) in [6.07, 6.45) is 1.34. The van der Waals surface area contributed by atoms with Crippen molar-refractivity contribution in [1.29, 1.82) is 0 Å². The summed E-state index contributed by atoms with van der Waals surface area (Å²) in [6, 6.07) is 4.72. The number of nitrogens with one attached hydrogen (secondary N) is 1. The molecule has 0 aliphatic heterocycles. The SMILES string of the molecule is CCCCS(=O)(=O)CCC(=O)Nc1cc(Cl)ccc1N. The number of halogens is 1. The van der Waals surface area contributed by atoms with Gasteiger partial charge in [0.1, 0.15) is 0 Å². The number of rotatable bonds is 7. The number of hydrogen-bond donors (Lipinski definition) is 2. The van der Waals surface area contributed by atoms with Gasteiger partial charge >= 0.3 is 0 Å². The van der Waals surface area contributed by atoms with Gasteiger partial charge in [-0.2, -0.15) is 0 Å². The van der Waals surface area contributed by atoms with Gasteiger partial charge in [0.25, 0.3) is 0 Å². The third-order valence-electron chi connectivity index (χ3n) is 2.74. The maximum Gasteiger partial charge on any atom is 0.225 e. The van der Waals surface area contributed by atoms with Crippen LogP contribution in [0.25, 0.3) is 0 Å². The number of sulfone groups is 1. The Kier molecular flexibility index (Phi) is 6.29. The molecule has 0 saturated heterocycles. The minimum Gasteiger partial charge on any atom is -0.397 e. The molecule has 0 aliphatic rings. The number of hydrogen-bond acceptors (Lipinski definition) is 4. The van der Waals surface area contributed by atoms with Crippen LogP contribution in [0.1, 0.15) is 26.2 Å². The van der Waals surface area contributed by atoms with Crippen LogP contribution in [-0.4, -0.2) is 25.8 Å². The molecular weight excluding hydrogens is 300 g/mol. The number of amides is 1. The van der Waals surface area contributed by atoms with Crippen molar-refractivity contribution in [3.8, 4) is 0 Å². The molecule has 0 saturated carbocycles. The zero-order chi connectivity index (χ0) is 15.2. The molecule has 112 valence electrons. The summed E-state index contributed by atoms with van der Waals surface area (Å²) in [5, 5.41) is 3.02. The first-order valence-electron chi connectivity index (χ1n) is 6.39. The molecule has 20 heavy (non-hydrogen) atoms. The zero-order valence-electron chi connectivity index (χ0n) is 11.4. The summed E-state index contributed by atoms with van der Waals surface area (Å²) in [4.78, 5) is 11.7. The van der Waals surface area contributed by atoms with Crippen LogP contribution < -0.4 is 11.1 Å². The van der Waals surface area contributed by atoms with Crippen LogP contribution in [0.5, 0.6) is 0 Å². The molecule has 1 rings (SSSR count). The summed E-state index contributed by atoms with van der Waals surface area (Å²) in [6.45, 7) is 1.92. The van der Waals surface area contributed by atoms with Crippen LogP contribution >= 0.6 is 11.6 Å². The highest BCUT2D eigenvalue weighted by molar-refractivity contribution is 7.91. The second kappa shape index (κ2) is 7.50. The number of nitrogen functional groups attached to an aromatic ring is 1. The van der Waals surface area contributed by atoms with Gasteiger partial charge in [-0.05, 0) is 24.6 Å². The number of carbonyl (C=O) groups is 1. The number of nitrogens with two attached hydrogens (primary N) is 1. The topological polar surface area (TPSA) is 89.3 Å². The minimum atomic E-state index is -3.17. The van der Waals surface area contributed by atoms with Crippen molar-refractivity contribution in [2.24, 2.45) is 0 Å². The largest absolute Gasteiger partial charge is 0.397 e. The van der Waals surface area contributed by atoms with Crippen molar-refractivity contribution in [2.75, 3.05) is 22.6 Å². The molecule has 0 radical (unpaired) electrons. The standard InChI is InChI=1S/C13H19ClN2O3S/c1-2-3-7-20(18,19)8-6-13(17)16-12-9-10(14)4-5-11(12)15/h4-5,9H,2-3,6-8,15H2,1H3,(H,16,17). The Bertz CT molecular complexity index is 573. The van der Waals surface area contributed by atoms with Gasteiger partial charge in [0, 0.05) is 11.4 Å². The number of unbranched alkanes of at least 4 members (excludes halogenated alkanes) is 1. The van der Waals surface area contributed by atoms with Crippen LogP contribution in [-0.2, 0) is 14.6 Å². The van der Waals surface area contributed by atoms with E-state index in [-0.39, 0.29) is 23.8 Å². The van der Waals surface area contributed by atoms with E-state index >= 15 is 0 Å². The van der Waals surface area contributed by atoms with Gasteiger partial charge in [-0.3, -0.25) is 4.79 Å². The van der Waals surface area contributed by atoms with Crippen LogP contribution in [0, 0.1) is 0 Å². The van der Waals surface area contributed by atoms with Crippen molar-refractivity contribution in [1.82, 2.24) is 0 Å². The molecule has 0 aliphatic carbocycles. The Hall–Kier alpha value is -1.27. The van der Waals surface area contributed by atoms with Gasteiger partial charge in [0.15, 0.2) is 9.84 Å². The first kappa shape index (κ1) is 16.8. The van der Waals surface area contributed by atoms with Crippen molar-refractivity contribution < 1.29 is 13.2 Å². The lowest BCUT2D eigenvalue weighted by atomic mass is 10.2. The van der Waals surface area contributed by atoms with Crippen molar-refractivity contribution in [3.63, 3.8) is 0 Å². The lowest BCUT2D eigenvalue weighted by Gasteiger charge is -2.09. The fourth-order valence-corrected chi connectivity index (χ4v) is 3.17. The smallest absolute Gasteiger partial charge is 0.225 e. The zero-order valence-corrected chi connectivity index (χ0v) is 12.9. The van der Waals surface area contributed by atoms with E-state index in [0.29, 0.717) is 22.8 Å². The predicted molar refractivity (Wildman–Crippen MR) is 82.7 cm³/mol. The molecule has 1 aromatic carbocycles. The highest BCUT2D eigenvalue weighted by Gasteiger charge is 2.14. The highest BCUT2D eigenvalue weighted by Crippen LogP contribution is 2.23. The summed E-state index contributed by atoms with van der Waals surface area (Å²) in [5.74, 6) is -0.422. The molecule has 0 bridgehead atoms. The normalized spacial score (nSPS) is 11.3. The maximum atomic E-state index is 11.7. The number of carbonyl (C=O) groups excluding carboxylic acids is 1. The Labute approximate surface area is 124 Å². The Morgan fingerprint density at radius 1 is 1.35 bits per heavy atom. The van der Waals surface area contributed by atoms with Gasteiger partial charge in [0.05, 0.1) is 22.9 Å². The Morgan fingerprint density at radius 3 is 2.70 bits per heavy atom. The van der Waals surface area contributed by atoms with E-state index in [1.165, 1.54) is 6.07 Å². The maximum absolute atomic E-state index is 11.7. The first-order chi connectivity index (χ1) is 9.34. The molecule has 0 heterocycles. The van der Waals surface area contributed by atoms with Crippen LogP contribution in [0.3, 0.4) is 0 Å². The Balaban J connectivity index is 2.54. The number of benzene rings is 1. The van der Waals surface area contributed by atoms with Gasteiger partial charge in [-0.15, -0.1) is 0 Å². The van der Waals surface area contributed by atoms with E-state index in [2.05, 4.69) is 5.32 Å². The van der Waals surface area contributed by atoms with Crippen LogP contribution in [0.15, 0.2) is 18.2 Å². The van der Waals surface area contributed by atoms with Crippen LogP contribution in [0.4, 0.5) is 11.4 Å². The van der Waals surface area contributed by atoms with Gasteiger partial charge < -0.3 is 11.1 Å². The number of anilines is 2. The molecule has 1 aromatic rings. The van der Waals surface area contributed by atoms with Crippen LogP contribution in [0.2, 0.25) is 5.02 Å². The quantitative estimate of drug-likeness (QED) is 0.756. The third kappa shape index (κ3) is 5.79. The van der Waals surface area contributed by atoms with Crippen molar-refractivity contribution in [3.05, 3.63) is 23.2 Å². The van der Waals surface area contributed by atoms with Crippen molar-refractivity contribution >= 4 is 38.7 Å². The molecule has 0 atom stereocenters. The fourth-order valence-electron chi connectivity index (χ4n) is 1.56. The van der Waals surface area contributed by atoms with Gasteiger partial charge in [-0.25, -0.2) is 8.42 Å². The summed E-state index contributed by atoms with van der Waals surface area (Å²) < 4.78 is 23.3. The third-order valence-corrected chi connectivity index (χ3v) is 4.71. The highest BCUT2D eigenvalue weighted by atomic mass is 35.5. The van der Waals surface area contributed by atoms with E-state index in [1.54, 1.807) is 12.1 Å². The molecule has 7 heteroatoms. The van der Waals surface area contributed by atoms with E-state index in [1.807, 2.05) is 6.92 Å². The fraction of sp³-hybridized carbons (Fsp3) is 0.462. The Morgan fingerprint density at radius 2 is 2.05 bits per heavy atom. The van der Waals surface area contributed by atoms with E-state index in [4.69, 9.17) is 17.3 Å². The lowest BCUT2D eigenvalue weighted by molar-refractivity contribution is -0.115. The summed E-state index contributed by atoms with van der Waals surface area (Å²) >= 11 is 5.80. The molecule has 5 nitrogen and oxygen atoms in total. The van der Waals surface area contributed by atoms with E-state index in [9.17, 15) is 13.2 Å².